The Morgan fingerprint density at radius 1 is 1.15 bits per heavy atom. The molecular formula is C27H30N6O7. The van der Waals surface area contributed by atoms with Crippen LogP contribution >= 0.6 is 0 Å². The van der Waals surface area contributed by atoms with Crippen LogP contribution in [0.15, 0.2) is 41.2 Å². The summed E-state index contributed by atoms with van der Waals surface area (Å²) >= 11 is 0. The number of phenolic OH excluding ortho intramolecular Hbond substituents is 1. The summed E-state index contributed by atoms with van der Waals surface area (Å²) in [5.41, 5.74) is 15.7. The molecule has 0 bridgehead atoms. The summed E-state index contributed by atoms with van der Waals surface area (Å²) in [6, 6.07) is 1.46. The number of carbonyl (C=O) groups is 3. The molecule has 0 heterocycles. The summed E-state index contributed by atoms with van der Waals surface area (Å²) < 4.78 is 0. The third-order valence-corrected chi connectivity index (χ3v) is 9.00. The van der Waals surface area contributed by atoms with Crippen molar-refractivity contribution in [2.75, 3.05) is 14.1 Å². The number of primary amides is 1. The van der Waals surface area contributed by atoms with E-state index in [-0.39, 0.29) is 22.8 Å². The molecule has 4 aliphatic carbocycles. The number of hydrogen-bond acceptors (Lipinski definition) is 12. The molecule has 0 saturated heterocycles. The average molecular weight is 551 g/mol. The zero-order valence-corrected chi connectivity index (χ0v) is 21.8. The second-order valence-corrected chi connectivity index (χ2v) is 11.1. The molecule has 1 aromatic carbocycles. The molecule has 2 unspecified atom stereocenters. The van der Waals surface area contributed by atoms with Crippen molar-refractivity contribution in [1.29, 1.82) is 5.26 Å². The third kappa shape index (κ3) is 2.84. The van der Waals surface area contributed by atoms with Gasteiger partial charge in [-0.1, -0.05) is 24.3 Å². The number of allylic oxidation sites excluding steroid dienone is 2. The monoisotopic (exact) mass is 550 g/mol. The average Bonchev–Trinajstić information content (AvgIpc) is 3.40. The predicted octanol–water partition coefficient (Wildman–Crippen LogP) is -1.23. The number of likely N-dealkylation sites (N-methyl/N-ethyl adjacent to an activating group) is 1. The summed E-state index contributed by atoms with van der Waals surface area (Å²) in [6.07, 6.45) is 3.04. The van der Waals surface area contributed by atoms with Crippen LogP contribution in [0.3, 0.4) is 0 Å². The van der Waals surface area contributed by atoms with Gasteiger partial charge in [0.2, 0.25) is 0 Å². The molecule has 210 valence electrons. The maximum absolute atomic E-state index is 14.4. The van der Waals surface area contributed by atoms with E-state index in [0.717, 1.165) is 11.3 Å². The lowest BCUT2D eigenvalue weighted by Crippen LogP contribution is -2.87. The van der Waals surface area contributed by atoms with Crippen molar-refractivity contribution in [3.05, 3.63) is 57.9 Å². The standard InChI is InChI=1S/C27H30N6O7/c1-33(2)20-18(36)14(23(30)39)21(37)25(9-28)22(38)15-17(35)13-12(19(29)26(15,31)24(40)27(20,25)32)8-7-11(16(13)34)10-5-3-4-6-10/h3,5,7-8,10,19-20,24,34-35,37,40H,4,6,29,31-32H2,1-2H3,(H2,30,39)/t10?,19?,20-,24+,25+,26-,27+/m1/s1. The Bertz CT molecular complexity index is 1540. The first-order chi connectivity index (χ1) is 18.6. The minimum absolute atomic E-state index is 0.0769. The lowest BCUT2D eigenvalue weighted by Gasteiger charge is -2.62. The van der Waals surface area contributed by atoms with Gasteiger partial charge in [-0.3, -0.25) is 19.3 Å². The van der Waals surface area contributed by atoms with Crippen LogP contribution < -0.4 is 22.9 Å². The molecule has 13 heteroatoms. The second-order valence-electron chi connectivity index (χ2n) is 11.1. The molecule has 4 aliphatic rings. The SMILES string of the molecule is CN(C)[C@@H]1C(=O)C(C(N)=O)=C(O)[C@@]2(C#N)C(=O)C3=C(O)c4c(ccc(C5C=CCC5)c4O)C(N)[C@@]3(N)[C@H](O)[C@@]12N. The lowest BCUT2D eigenvalue weighted by molar-refractivity contribution is -0.153. The highest BCUT2D eigenvalue weighted by Crippen LogP contribution is 2.60. The number of aromatic hydroxyl groups is 1. The maximum Gasteiger partial charge on any atom is 0.255 e. The highest BCUT2D eigenvalue weighted by Gasteiger charge is 2.79. The Hall–Kier alpha value is -4.06. The second kappa shape index (κ2) is 8.47. The van der Waals surface area contributed by atoms with E-state index in [1.165, 1.54) is 20.2 Å². The fourth-order valence-corrected chi connectivity index (χ4v) is 7.09. The van der Waals surface area contributed by atoms with E-state index in [1.54, 1.807) is 12.1 Å². The fraction of sp³-hybridized carbons (Fsp3) is 0.407. The Labute approximate surface area is 228 Å². The highest BCUT2D eigenvalue weighted by atomic mass is 16.3. The molecule has 0 aliphatic heterocycles. The van der Waals surface area contributed by atoms with E-state index in [2.05, 4.69) is 0 Å². The molecular weight excluding hydrogens is 520 g/mol. The number of fused-ring (bicyclic) bond motifs is 3. The number of nitriles is 1. The Balaban J connectivity index is 1.90. The summed E-state index contributed by atoms with van der Waals surface area (Å²) in [7, 11) is 2.69. The smallest absolute Gasteiger partial charge is 0.255 e. The van der Waals surface area contributed by atoms with Crippen LogP contribution in [0.5, 0.6) is 5.75 Å². The quantitative estimate of drug-likeness (QED) is 0.162. The number of amides is 1. The number of nitrogens with zero attached hydrogens (tertiary/aromatic N) is 2. The number of benzene rings is 1. The minimum Gasteiger partial charge on any atom is -0.509 e. The van der Waals surface area contributed by atoms with Gasteiger partial charge in [-0.15, -0.1) is 0 Å². The van der Waals surface area contributed by atoms with E-state index < -0.39 is 74.8 Å². The van der Waals surface area contributed by atoms with E-state index in [4.69, 9.17) is 22.9 Å². The van der Waals surface area contributed by atoms with Crippen molar-refractivity contribution in [3.8, 4) is 11.8 Å². The maximum atomic E-state index is 14.4. The van der Waals surface area contributed by atoms with Gasteiger partial charge in [0.25, 0.3) is 5.91 Å². The van der Waals surface area contributed by atoms with Crippen LogP contribution in [-0.2, 0) is 14.4 Å². The van der Waals surface area contributed by atoms with Crippen LogP contribution in [0.25, 0.3) is 5.76 Å². The first-order valence-electron chi connectivity index (χ1n) is 12.5. The molecule has 0 radical (unpaired) electrons. The first-order valence-corrected chi connectivity index (χ1v) is 12.5. The van der Waals surface area contributed by atoms with Crippen molar-refractivity contribution in [3.63, 3.8) is 0 Å². The van der Waals surface area contributed by atoms with Gasteiger partial charge in [0.1, 0.15) is 34.5 Å². The van der Waals surface area contributed by atoms with Crippen LogP contribution in [0.4, 0.5) is 0 Å². The Morgan fingerprint density at radius 3 is 2.30 bits per heavy atom. The Morgan fingerprint density at radius 2 is 1.77 bits per heavy atom. The van der Waals surface area contributed by atoms with E-state index in [9.17, 15) is 40.1 Å². The molecule has 1 aromatic rings. The summed E-state index contributed by atoms with van der Waals surface area (Å²) in [6.45, 7) is 0. The topological polar surface area (TPSA) is 263 Å². The van der Waals surface area contributed by atoms with Gasteiger partial charge >= 0.3 is 0 Å². The van der Waals surface area contributed by atoms with Crippen LogP contribution in [0, 0.1) is 16.7 Å². The molecule has 0 spiro atoms. The zero-order valence-electron chi connectivity index (χ0n) is 21.8. The summed E-state index contributed by atoms with van der Waals surface area (Å²) in [5.74, 6) is -6.79. The molecule has 1 amide bonds. The highest BCUT2D eigenvalue weighted by molar-refractivity contribution is 6.26. The number of aliphatic hydroxyl groups is 3. The van der Waals surface area contributed by atoms with Crippen molar-refractivity contribution < 1.29 is 34.8 Å². The van der Waals surface area contributed by atoms with Gasteiger partial charge < -0.3 is 43.4 Å². The zero-order chi connectivity index (χ0) is 29.7. The molecule has 1 fully saturated rings. The van der Waals surface area contributed by atoms with Crippen molar-refractivity contribution in [2.24, 2.45) is 28.3 Å². The van der Waals surface area contributed by atoms with Gasteiger partial charge in [0.05, 0.1) is 34.8 Å². The number of phenols is 1. The third-order valence-electron chi connectivity index (χ3n) is 9.00. The number of hydrogen-bond donors (Lipinski definition) is 8. The largest absolute Gasteiger partial charge is 0.509 e. The van der Waals surface area contributed by atoms with Crippen LogP contribution in [0.2, 0.25) is 0 Å². The molecule has 12 N–H and O–H groups in total. The van der Waals surface area contributed by atoms with E-state index >= 15 is 0 Å². The fourth-order valence-electron chi connectivity index (χ4n) is 7.09. The summed E-state index contributed by atoms with van der Waals surface area (Å²) in [5, 5.41) is 56.5. The molecule has 7 atom stereocenters. The van der Waals surface area contributed by atoms with Gasteiger partial charge in [-0.2, -0.15) is 5.26 Å². The number of Topliss-reactive ketones (excluding diaryl/α,β-unsaturated/α-hetero) is 2. The molecule has 40 heavy (non-hydrogen) atoms. The molecule has 1 saturated carbocycles. The van der Waals surface area contributed by atoms with E-state index in [1.807, 2.05) is 12.2 Å². The molecule has 0 aromatic heterocycles. The first kappa shape index (κ1) is 27.5. The van der Waals surface area contributed by atoms with Crippen LogP contribution in [0.1, 0.15) is 41.5 Å². The van der Waals surface area contributed by atoms with Crippen LogP contribution in [-0.4, -0.2) is 80.1 Å². The predicted molar refractivity (Wildman–Crippen MR) is 140 cm³/mol. The van der Waals surface area contributed by atoms with Gasteiger partial charge in [0, 0.05) is 11.5 Å². The van der Waals surface area contributed by atoms with Gasteiger partial charge in [-0.25, -0.2) is 0 Å². The number of carbonyl (C=O) groups excluding carboxylic acids is 3. The van der Waals surface area contributed by atoms with Crippen molar-refractivity contribution in [1.82, 2.24) is 4.90 Å². The number of rotatable bonds is 3. The number of ketones is 2. The van der Waals surface area contributed by atoms with E-state index in [0.29, 0.717) is 12.0 Å². The van der Waals surface area contributed by atoms with Crippen molar-refractivity contribution in [2.45, 2.75) is 48.0 Å². The normalized spacial score (nSPS) is 36.9. The van der Waals surface area contributed by atoms with Gasteiger partial charge in [-0.05, 0) is 32.5 Å². The lowest BCUT2D eigenvalue weighted by atomic mass is 9.45. The van der Waals surface area contributed by atoms with Gasteiger partial charge in [0.15, 0.2) is 17.0 Å². The Kier molecular flexibility index (Phi) is 5.82. The summed E-state index contributed by atoms with van der Waals surface area (Å²) in [4.78, 5) is 41.4. The number of aliphatic hydroxyl groups excluding tert-OH is 3. The molecule has 5 rings (SSSR count). The van der Waals surface area contributed by atoms with Crippen molar-refractivity contribution >= 4 is 23.2 Å². The number of nitrogens with two attached hydrogens (primary N) is 4. The minimum atomic E-state index is -3.01. The molecule has 13 nitrogen and oxygen atoms in total.